The first-order chi connectivity index (χ1) is 14.5. The van der Waals surface area contributed by atoms with Crippen LogP contribution in [0.2, 0.25) is 0 Å². The van der Waals surface area contributed by atoms with Gasteiger partial charge in [-0.1, -0.05) is 41.7 Å². The van der Waals surface area contributed by atoms with Crippen LogP contribution >= 0.6 is 11.3 Å². The van der Waals surface area contributed by atoms with Crippen LogP contribution < -0.4 is 15.5 Å². The molecule has 0 radical (unpaired) electrons. The van der Waals surface area contributed by atoms with Gasteiger partial charge in [-0.3, -0.25) is 4.79 Å². The second-order valence-electron chi connectivity index (χ2n) is 7.42. The Morgan fingerprint density at radius 3 is 2.83 bits per heavy atom. The molecule has 8 heteroatoms. The molecule has 3 aromatic rings. The van der Waals surface area contributed by atoms with Crippen LogP contribution in [-0.4, -0.2) is 48.0 Å². The fourth-order valence-corrected chi connectivity index (χ4v) is 4.30. The van der Waals surface area contributed by atoms with Crippen LogP contribution in [0.3, 0.4) is 0 Å². The standard InChI is InChI=1S/C22H29N3O4S/c1-14(13-29-2)24-11-16-5-3-4-15(10-16)8-9-23-12-19(27)17-6-7-18(26)20-21(17)30-22(28)25-20/h3-7,10,14,19,23-24,26-27H,8-9,11-13H2,1-2H3,(H,25,28)/t14-,19?/m0/s1. The number of aromatic amines is 1. The molecule has 1 aromatic heterocycles. The number of fused-ring (bicyclic) bond motifs is 1. The number of nitrogens with one attached hydrogen (secondary N) is 3. The number of benzene rings is 2. The van der Waals surface area contributed by atoms with Gasteiger partial charge in [0.15, 0.2) is 0 Å². The van der Waals surface area contributed by atoms with Gasteiger partial charge >= 0.3 is 4.87 Å². The second-order valence-corrected chi connectivity index (χ2v) is 8.40. The van der Waals surface area contributed by atoms with Crippen molar-refractivity contribution in [2.45, 2.75) is 32.0 Å². The van der Waals surface area contributed by atoms with Gasteiger partial charge in [0.05, 0.1) is 17.4 Å². The number of rotatable bonds is 11. The van der Waals surface area contributed by atoms with Gasteiger partial charge in [0.25, 0.3) is 0 Å². The van der Waals surface area contributed by atoms with E-state index in [1.165, 1.54) is 17.2 Å². The van der Waals surface area contributed by atoms with Crippen molar-refractivity contribution < 1.29 is 14.9 Å². The van der Waals surface area contributed by atoms with Gasteiger partial charge in [-0.15, -0.1) is 0 Å². The Labute approximate surface area is 179 Å². The number of H-pyrrole nitrogens is 1. The third-order valence-electron chi connectivity index (χ3n) is 4.94. The van der Waals surface area contributed by atoms with E-state index in [0.717, 1.165) is 30.8 Å². The molecule has 30 heavy (non-hydrogen) atoms. The van der Waals surface area contributed by atoms with Gasteiger partial charge in [0.1, 0.15) is 11.3 Å². The molecule has 0 saturated carbocycles. The summed E-state index contributed by atoms with van der Waals surface area (Å²) in [6.45, 7) is 4.65. The number of hydrogen-bond acceptors (Lipinski definition) is 7. The maximum Gasteiger partial charge on any atom is 0.305 e. The molecule has 0 aliphatic heterocycles. The van der Waals surface area contributed by atoms with Crippen LogP contribution in [0.15, 0.2) is 41.2 Å². The van der Waals surface area contributed by atoms with E-state index in [2.05, 4.69) is 46.8 Å². The number of phenolic OH excluding ortho intramolecular Hbond substituents is 1. The number of aliphatic hydroxyl groups excluding tert-OH is 1. The highest BCUT2D eigenvalue weighted by Crippen LogP contribution is 2.31. The fourth-order valence-electron chi connectivity index (χ4n) is 3.38. The van der Waals surface area contributed by atoms with E-state index in [9.17, 15) is 15.0 Å². The second kappa shape index (κ2) is 10.7. The quantitative estimate of drug-likeness (QED) is 0.298. The van der Waals surface area contributed by atoms with Gasteiger partial charge in [0.2, 0.25) is 0 Å². The molecule has 0 aliphatic carbocycles. The Bertz CT molecular complexity index is 1020. The van der Waals surface area contributed by atoms with Crippen LogP contribution in [0.5, 0.6) is 5.75 Å². The fraction of sp³-hybridized carbons (Fsp3) is 0.409. The van der Waals surface area contributed by atoms with Crippen LogP contribution in [0.25, 0.3) is 10.2 Å². The predicted molar refractivity (Wildman–Crippen MR) is 120 cm³/mol. The molecule has 2 atom stereocenters. The molecule has 0 fully saturated rings. The van der Waals surface area contributed by atoms with Crippen LogP contribution in [0.4, 0.5) is 0 Å². The van der Waals surface area contributed by atoms with Crippen LogP contribution in [0, 0.1) is 0 Å². The minimum absolute atomic E-state index is 0.0123. The molecule has 1 heterocycles. The van der Waals surface area contributed by atoms with Crippen molar-refractivity contribution >= 4 is 21.6 Å². The highest BCUT2D eigenvalue weighted by atomic mass is 32.1. The van der Waals surface area contributed by atoms with Gasteiger partial charge in [-0.05, 0) is 37.1 Å². The molecule has 0 saturated heterocycles. The minimum Gasteiger partial charge on any atom is -0.506 e. The maximum atomic E-state index is 11.6. The van der Waals surface area contributed by atoms with Gasteiger partial charge in [-0.25, -0.2) is 0 Å². The summed E-state index contributed by atoms with van der Waals surface area (Å²) >= 11 is 0.996. The average molecular weight is 432 g/mol. The van der Waals surface area contributed by atoms with E-state index >= 15 is 0 Å². The monoisotopic (exact) mass is 431 g/mol. The zero-order valence-corrected chi connectivity index (χ0v) is 18.1. The molecule has 5 N–H and O–H groups in total. The Morgan fingerprint density at radius 1 is 1.23 bits per heavy atom. The molecule has 2 aromatic carbocycles. The largest absolute Gasteiger partial charge is 0.506 e. The lowest BCUT2D eigenvalue weighted by atomic mass is 10.1. The van der Waals surface area contributed by atoms with E-state index in [1.807, 2.05) is 0 Å². The van der Waals surface area contributed by atoms with Crippen molar-refractivity contribution in [3.05, 3.63) is 62.8 Å². The highest BCUT2D eigenvalue weighted by molar-refractivity contribution is 7.16. The first kappa shape index (κ1) is 22.5. The van der Waals surface area contributed by atoms with Crippen molar-refractivity contribution in [2.75, 3.05) is 26.8 Å². The molecular weight excluding hydrogens is 402 g/mol. The number of hydrogen-bond donors (Lipinski definition) is 5. The Kier molecular flexibility index (Phi) is 8.01. The number of thiazole rings is 1. The molecule has 1 unspecified atom stereocenters. The minimum atomic E-state index is -0.766. The summed E-state index contributed by atoms with van der Waals surface area (Å²) in [7, 11) is 1.70. The highest BCUT2D eigenvalue weighted by Gasteiger charge is 2.15. The smallest absolute Gasteiger partial charge is 0.305 e. The molecule has 7 nitrogen and oxygen atoms in total. The zero-order chi connectivity index (χ0) is 21.5. The van der Waals surface area contributed by atoms with Crippen LogP contribution in [-0.2, 0) is 17.7 Å². The molecule has 0 amide bonds. The van der Waals surface area contributed by atoms with E-state index < -0.39 is 6.10 Å². The van der Waals surface area contributed by atoms with E-state index in [4.69, 9.17) is 4.74 Å². The van der Waals surface area contributed by atoms with Gasteiger partial charge in [0, 0.05) is 31.8 Å². The van der Waals surface area contributed by atoms with Gasteiger partial charge in [-0.2, -0.15) is 0 Å². The van der Waals surface area contributed by atoms with E-state index in [0.29, 0.717) is 35.0 Å². The number of ether oxygens (including phenoxy) is 1. The molecule has 3 rings (SSSR count). The Hall–Kier alpha value is -2.23. The van der Waals surface area contributed by atoms with Crippen molar-refractivity contribution in [1.29, 1.82) is 0 Å². The summed E-state index contributed by atoms with van der Waals surface area (Å²) in [4.78, 5) is 14.0. The number of aliphatic hydroxyl groups is 1. The summed E-state index contributed by atoms with van der Waals surface area (Å²) in [6.07, 6.45) is 0.0776. The molecule has 0 aliphatic rings. The molecule has 162 valence electrons. The summed E-state index contributed by atoms with van der Waals surface area (Å²) in [5, 5.41) is 27.1. The summed E-state index contributed by atoms with van der Waals surface area (Å²) in [6, 6.07) is 11.9. The lowest BCUT2D eigenvalue weighted by Crippen LogP contribution is -2.29. The first-order valence-electron chi connectivity index (χ1n) is 10.0. The molecule has 0 spiro atoms. The van der Waals surface area contributed by atoms with E-state index in [-0.39, 0.29) is 10.6 Å². The van der Waals surface area contributed by atoms with Crippen molar-refractivity contribution in [2.24, 2.45) is 0 Å². The number of methoxy groups -OCH3 is 1. The Morgan fingerprint density at radius 2 is 2.03 bits per heavy atom. The third-order valence-corrected chi connectivity index (χ3v) is 5.87. The van der Waals surface area contributed by atoms with Gasteiger partial charge < -0.3 is 30.6 Å². The van der Waals surface area contributed by atoms with E-state index in [1.54, 1.807) is 13.2 Å². The molecular formula is C22H29N3O4S. The lowest BCUT2D eigenvalue weighted by molar-refractivity contribution is 0.171. The summed E-state index contributed by atoms with van der Waals surface area (Å²) < 4.78 is 5.74. The predicted octanol–water partition coefficient (Wildman–Crippen LogP) is 2.29. The van der Waals surface area contributed by atoms with Crippen molar-refractivity contribution in [1.82, 2.24) is 15.6 Å². The third kappa shape index (κ3) is 5.90. The molecule has 0 bridgehead atoms. The summed E-state index contributed by atoms with van der Waals surface area (Å²) in [5.41, 5.74) is 3.47. The Balaban J connectivity index is 1.50. The number of aromatic hydroxyl groups is 1. The maximum absolute atomic E-state index is 11.6. The zero-order valence-electron chi connectivity index (χ0n) is 17.3. The lowest BCUT2D eigenvalue weighted by Gasteiger charge is -2.14. The number of phenols is 1. The van der Waals surface area contributed by atoms with Crippen molar-refractivity contribution in [3.8, 4) is 5.75 Å². The summed E-state index contributed by atoms with van der Waals surface area (Å²) in [5.74, 6) is 0.0123. The SMILES string of the molecule is COC[C@H](C)NCc1cccc(CCNCC(O)c2ccc(O)c3[nH]c(=O)sc23)c1. The average Bonchev–Trinajstić information content (AvgIpc) is 3.12. The first-order valence-corrected chi connectivity index (χ1v) is 10.8. The number of aromatic nitrogens is 1. The normalized spacial score (nSPS) is 13.6. The topological polar surface area (TPSA) is 107 Å². The van der Waals surface area contributed by atoms with Crippen molar-refractivity contribution in [3.63, 3.8) is 0 Å². The van der Waals surface area contributed by atoms with Crippen LogP contribution in [0.1, 0.15) is 29.7 Å².